The van der Waals surface area contributed by atoms with Gasteiger partial charge < -0.3 is 0 Å². The van der Waals surface area contributed by atoms with E-state index in [9.17, 15) is 13.2 Å². The van der Waals surface area contributed by atoms with Gasteiger partial charge in [0.15, 0.2) is 5.82 Å². The average molecular weight is 362 g/mol. The first kappa shape index (κ1) is 19.0. The number of benzene rings is 1. The molecule has 0 atom stereocenters. The molecule has 1 aromatic heterocycles. The van der Waals surface area contributed by atoms with Crippen LogP contribution in [-0.4, -0.2) is 36.9 Å². The zero-order chi connectivity index (χ0) is 18.8. The first-order valence-electron chi connectivity index (χ1n) is 7.70. The van der Waals surface area contributed by atoms with Gasteiger partial charge in [0.25, 0.3) is 5.91 Å². The zero-order valence-electron chi connectivity index (χ0n) is 14.9. The Morgan fingerprint density at radius 3 is 2.44 bits per heavy atom. The fourth-order valence-corrected chi connectivity index (χ4v) is 3.65. The highest BCUT2D eigenvalue weighted by molar-refractivity contribution is 7.89. The minimum atomic E-state index is -3.73. The van der Waals surface area contributed by atoms with Gasteiger partial charge >= 0.3 is 0 Å². The number of anilines is 1. The van der Waals surface area contributed by atoms with Gasteiger partial charge in [-0.05, 0) is 45.4 Å². The lowest BCUT2D eigenvalue weighted by Crippen LogP contribution is -2.40. The van der Waals surface area contributed by atoms with Crippen LogP contribution in [0.1, 0.15) is 36.7 Å². The number of hydrogen-bond acceptors (Lipinski definition) is 5. The lowest BCUT2D eigenvalue weighted by atomic mass is 10.1. The van der Waals surface area contributed by atoms with E-state index in [1.807, 2.05) is 0 Å². The summed E-state index contributed by atoms with van der Waals surface area (Å²) in [5, 5.41) is 0. The van der Waals surface area contributed by atoms with Gasteiger partial charge in [-0.25, -0.2) is 18.1 Å². The van der Waals surface area contributed by atoms with Crippen LogP contribution in [0.3, 0.4) is 0 Å². The lowest BCUT2D eigenvalue weighted by Gasteiger charge is -2.21. The largest absolute Gasteiger partial charge is 0.295 e. The molecule has 0 aliphatic heterocycles. The number of carbonyl (C=O) groups excluding carboxylic acids is 1. The maximum atomic E-state index is 12.8. The van der Waals surface area contributed by atoms with Crippen LogP contribution in [0.5, 0.6) is 0 Å². The molecule has 1 heterocycles. The Balaban J connectivity index is 2.41. The summed E-state index contributed by atoms with van der Waals surface area (Å²) in [4.78, 5) is 22.2. The monoisotopic (exact) mass is 362 g/mol. The predicted octanol–water partition coefficient (Wildman–Crippen LogP) is 2.14. The van der Waals surface area contributed by atoms with Crippen molar-refractivity contribution >= 4 is 21.7 Å². The summed E-state index contributed by atoms with van der Waals surface area (Å²) in [7, 11) is -2.16. The normalized spacial score (nSPS) is 12.0. The maximum Gasteiger partial charge on any atom is 0.259 e. The molecule has 0 saturated carbocycles. The Hall–Kier alpha value is -2.32. The highest BCUT2D eigenvalue weighted by Crippen LogP contribution is 2.20. The van der Waals surface area contributed by atoms with E-state index in [1.54, 1.807) is 40.8 Å². The Kier molecular flexibility index (Phi) is 5.24. The van der Waals surface area contributed by atoms with Crippen LogP contribution in [-0.2, 0) is 10.0 Å². The zero-order valence-corrected chi connectivity index (χ0v) is 15.8. The van der Waals surface area contributed by atoms with Crippen molar-refractivity contribution in [3.63, 3.8) is 0 Å². The molecule has 0 radical (unpaired) electrons. The summed E-state index contributed by atoms with van der Waals surface area (Å²) in [6.45, 7) is 7.03. The molecule has 0 bridgehead atoms. The summed E-state index contributed by atoms with van der Waals surface area (Å²) in [6, 6.07) is 4.50. The van der Waals surface area contributed by atoms with Crippen molar-refractivity contribution in [1.82, 2.24) is 14.7 Å². The Labute approximate surface area is 148 Å². The van der Waals surface area contributed by atoms with Gasteiger partial charge in [0.05, 0.1) is 11.1 Å². The number of carbonyl (C=O) groups is 1. The van der Waals surface area contributed by atoms with Gasteiger partial charge in [0, 0.05) is 30.5 Å². The van der Waals surface area contributed by atoms with E-state index in [4.69, 9.17) is 0 Å². The van der Waals surface area contributed by atoms with Crippen molar-refractivity contribution in [1.29, 1.82) is 0 Å². The summed E-state index contributed by atoms with van der Waals surface area (Å²) < 4.78 is 27.6. The molecule has 7 nitrogen and oxygen atoms in total. The smallest absolute Gasteiger partial charge is 0.259 e. The second-order valence-corrected chi connectivity index (χ2v) is 8.44. The number of hydrogen-bond donors (Lipinski definition) is 1. The highest BCUT2D eigenvalue weighted by atomic mass is 32.2. The Bertz CT molecular complexity index is 875. The Morgan fingerprint density at radius 2 is 1.88 bits per heavy atom. The molecule has 0 aliphatic carbocycles. The third-order valence-electron chi connectivity index (χ3n) is 3.39. The SMILES string of the molecule is Cc1ccc(S(=O)(=O)NC(C)(C)C)cc1C(=O)N(C)c1cnccn1. The van der Waals surface area contributed by atoms with E-state index < -0.39 is 15.6 Å². The van der Waals surface area contributed by atoms with Crippen molar-refractivity contribution in [2.24, 2.45) is 0 Å². The molecular weight excluding hydrogens is 340 g/mol. The molecule has 1 amide bonds. The lowest BCUT2D eigenvalue weighted by molar-refractivity contribution is 0.0991. The van der Waals surface area contributed by atoms with Crippen molar-refractivity contribution in [3.05, 3.63) is 47.9 Å². The molecule has 134 valence electrons. The highest BCUT2D eigenvalue weighted by Gasteiger charge is 2.24. The molecule has 0 spiro atoms. The van der Waals surface area contributed by atoms with E-state index in [0.29, 0.717) is 16.9 Å². The van der Waals surface area contributed by atoms with Gasteiger partial charge in [-0.3, -0.25) is 14.7 Å². The van der Waals surface area contributed by atoms with Crippen LogP contribution in [0.2, 0.25) is 0 Å². The summed E-state index contributed by atoms with van der Waals surface area (Å²) in [6.07, 6.45) is 4.47. The van der Waals surface area contributed by atoms with E-state index in [1.165, 1.54) is 35.6 Å². The van der Waals surface area contributed by atoms with Crippen LogP contribution >= 0.6 is 0 Å². The van der Waals surface area contributed by atoms with Gasteiger partial charge in [0.1, 0.15) is 0 Å². The number of rotatable bonds is 4. The fourth-order valence-electron chi connectivity index (χ4n) is 2.21. The van der Waals surface area contributed by atoms with Crippen LogP contribution in [0, 0.1) is 6.92 Å². The molecule has 0 fully saturated rings. The van der Waals surface area contributed by atoms with Crippen molar-refractivity contribution in [3.8, 4) is 0 Å². The molecule has 0 aliphatic rings. The van der Waals surface area contributed by atoms with E-state index in [0.717, 1.165) is 0 Å². The summed E-state index contributed by atoms with van der Waals surface area (Å²) in [5.74, 6) is 0.0267. The molecule has 0 unspecified atom stereocenters. The van der Waals surface area contributed by atoms with Crippen molar-refractivity contribution in [2.75, 3.05) is 11.9 Å². The molecule has 1 N–H and O–H groups in total. The second-order valence-electron chi connectivity index (χ2n) is 6.76. The maximum absolute atomic E-state index is 12.8. The van der Waals surface area contributed by atoms with Crippen LogP contribution < -0.4 is 9.62 Å². The number of amides is 1. The third-order valence-corrected chi connectivity index (χ3v) is 5.14. The van der Waals surface area contributed by atoms with Crippen LogP contribution in [0.25, 0.3) is 0 Å². The third kappa shape index (κ3) is 4.61. The van der Waals surface area contributed by atoms with Crippen LogP contribution in [0.4, 0.5) is 5.82 Å². The number of sulfonamides is 1. The molecule has 8 heteroatoms. The molecule has 2 aromatic rings. The molecule has 25 heavy (non-hydrogen) atoms. The Morgan fingerprint density at radius 1 is 1.20 bits per heavy atom. The standard InChI is InChI=1S/C17H22N4O3S/c1-12-6-7-13(25(23,24)20-17(2,3)4)10-14(12)16(22)21(5)15-11-18-8-9-19-15/h6-11,20H,1-5H3. The first-order chi connectivity index (χ1) is 11.5. The van der Waals surface area contributed by atoms with Gasteiger partial charge in [-0.2, -0.15) is 0 Å². The number of aryl methyl sites for hydroxylation is 1. The molecule has 2 rings (SSSR count). The van der Waals surface area contributed by atoms with Crippen molar-refractivity contribution < 1.29 is 13.2 Å². The predicted molar refractivity (Wildman–Crippen MR) is 96.0 cm³/mol. The van der Waals surface area contributed by atoms with Gasteiger partial charge in [-0.15, -0.1) is 0 Å². The number of aromatic nitrogens is 2. The molecule has 1 aromatic carbocycles. The number of nitrogens with one attached hydrogen (secondary N) is 1. The molecule has 0 saturated heterocycles. The van der Waals surface area contributed by atoms with E-state index in [2.05, 4.69) is 14.7 Å². The van der Waals surface area contributed by atoms with Gasteiger partial charge in [0.2, 0.25) is 10.0 Å². The van der Waals surface area contributed by atoms with E-state index in [-0.39, 0.29) is 10.8 Å². The van der Waals surface area contributed by atoms with Crippen LogP contribution in [0.15, 0.2) is 41.7 Å². The topological polar surface area (TPSA) is 92.3 Å². The summed E-state index contributed by atoms with van der Waals surface area (Å²) in [5.41, 5.74) is 0.352. The average Bonchev–Trinajstić information content (AvgIpc) is 2.52. The fraction of sp³-hybridized carbons (Fsp3) is 0.353. The van der Waals surface area contributed by atoms with Crippen molar-refractivity contribution in [2.45, 2.75) is 38.1 Å². The summed E-state index contributed by atoms with van der Waals surface area (Å²) >= 11 is 0. The van der Waals surface area contributed by atoms with Gasteiger partial charge in [-0.1, -0.05) is 6.07 Å². The quantitative estimate of drug-likeness (QED) is 0.899. The first-order valence-corrected chi connectivity index (χ1v) is 9.18. The minimum absolute atomic E-state index is 0.0453. The molecular formula is C17H22N4O3S. The second kappa shape index (κ2) is 6.89. The van der Waals surface area contributed by atoms with E-state index >= 15 is 0 Å². The number of nitrogens with zero attached hydrogens (tertiary/aromatic N) is 3. The minimum Gasteiger partial charge on any atom is -0.295 e.